The number of carboxylic acids is 1. The maximum atomic E-state index is 12.4. The fourth-order valence-corrected chi connectivity index (χ4v) is 4.38. The summed E-state index contributed by atoms with van der Waals surface area (Å²) in [5.74, 6) is 0.0294. The van der Waals surface area contributed by atoms with Crippen molar-refractivity contribution in [3.8, 4) is 0 Å². The van der Waals surface area contributed by atoms with Crippen LogP contribution in [0.15, 0.2) is 24.3 Å². The summed E-state index contributed by atoms with van der Waals surface area (Å²) < 4.78 is 0. The number of carboxylic acid groups (broad SMARTS) is 1. The van der Waals surface area contributed by atoms with Gasteiger partial charge in [-0.2, -0.15) is 0 Å². The number of aliphatic hydroxyl groups is 1. The Morgan fingerprint density at radius 2 is 1.79 bits per heavy atom. The van der Waals surface area contributed by atoms with Gasteiger partial charge >= 0.3 is 5.97 Å². The van der Waals surface area contributed by atoms with Gasteiger partial charge in [-0.05, 0) is 42.7 Å². The van der Waals surface area contributed by atoms with Crippen LogP contribution in [0.3, 0.4) is 0 Å². The molecule has 3 atom stereocenters. The van der Waals surface area contributed by atoms with E-state index in [0.29, 0.717) is 12.2 Å². The lowest BCUT2D eigenvalue weighted by atomic mass is 9.84. The van der Waals surface area contributed by atoms with E-state index in [1.54, 1.807) is 0 Å². The Kier molecular flexibility index (Phi) is 9.69. The van der Waals surface area contributed by atoms with E-state index in [9.17, 15) is 14.7 Å². The Morgan fingerprint density at radius 3 is 2.46 bits per heavy atom. The summed E-state index contributed by atoms with van der Waals surface area (Å²) in [5.41, 5.74) is 2.19. The number of rotatable bonds is 13. The summed E-state index contributed by atoms with van der Waals surface area (Å²) >= 11 is 0. The third-order valence-corrected chi connectivity index (χ3v) is 6.09. The van der Waals surface area contributed by atoms with E-state index in [4.69, 9.17) is 5.11 Å². The zero-order valence-corrected chi connectivity index (χ0v) is 17.2. The van der Waals surface area contributed by atoms with E-state index in [0.717, 1.165) is 69.8 Å². The number of carbonyl (C=O) groups excluding carboxylic acids is 1. The molecule has 4 heteroatoms. The molecule has 1 fully saturated rings. The van der Waals surface area contributed by atoms with Crippen molar-refractivity contribution in [2.45, 2.75) is 96.0 Å². The standard InChI is InChI=1S/C24H36O4/c1-2-3-6-10-22(25)19-14-12-18(13-15-19)20-16-17-23(26)21(20)9-7-4-5-8-11-24(27)28/h12-15,20-22,25H,2-11,16-17H2,1H3,(H,27,28)/t20-,21-,22?/m0/s1. The quantitative estimate of drug-likeness (QED) is 0.420. The molecule has 1 aliphatic rings. The number of hydrogen-bond donors (Lipinski definition) is 2. The molecule has 2 N–H and O–H groups in total. The number of Topliss-reactive ketones (excluding diaryl/α,β-unsaturated/α-hetero) is 1. The molecule has 0 aliphatic heterocycles. The van der Waals surface area contributed by atoms with Gasteiger partial charge < -0.3 is 10.2 Å². The highest BCUT2D eigenvalue weighted by Gasteiger charge is 2.34. The lowest BCUT2D eigenvalue weighted by molar-refractivity contribution is -0.137. The number of hydrogen-bond acceptors (Lipinski definition) is 3. The highest BCUT2D eigenvalue weighted by molar-refractivity contribution is 5.84. The van der Waals surface area contributed by atoms with Crippen LogP contribution in [-0.2, 0) is 9.59 Å². The normalized spacial score (nSPS) is 20.4. The van der Waals surface area contributed by atoms with Gasteiger partial charge in [0.1, 0.15) is 5.78 Å². The van der Waals surface area contributed by atoms with Gasteiger partial charge in [0.05, 0.1) is 6.10 Å². The lowest BCUT2D eigenvalue weighted by Gasteiger charge is -2.20. The van der Waals surface area contributed by atoms with E-state index < -0.39 is 12.1 Å². The second-order valence-corrected chi connectivity index (χ2v) is 8.24. The maximum absolute atomic E-state index is 12.4. The molecule has 0 heterocycles. The topological polar surface area (TPSA) is 74.6 Å². The minimum Gasteiger partial charge on any atom is -0.481 e. The Bertz CT molecular complexity index is 608. The number of carbonyl (C=O) groups is 2. The first-order valence-corrected chi connectivity index (χ1v) is 11.0. The third kappa shape index (κ3) is 7.05. The predicted octanol–water partition coefficient (Wildman–Crippen LogP) is 5.79. The second kappa shape index (κ2) is 12.0. The smallest absolute Gasteiger partial charge is 0.303 e. The minimum atomic E-state index is -0.732. The van der Waals surface area contributed by atoms with E-state index >= 15 is 0 Å². The predicted molar refractivity (Wildman–Crippen MR) is 111 cm³/mol. The van der Waals surface area contributed by atoms with Gasteiger partial charge in [-0.25, -0.2) is 0 Å². The van der Waals surface area contributed by atoms with E-state index in [-0.39, 0.29) is 18.3 Å². The molecule has 0 bridgehead atoms. The SMILES string of the molecule is CCCCCC(O)c1ccc([C@@H]2CCC(=O)[C@H]2CCCCCCC(=O)O)cc1. The van der Waals surface area contributed by atoms with Crippen LogP contribution in [0.4, 0.5) is 0 Å². The molecular weight excluding hydrogens is 352 g/mol. The largest absolute Gasteiger partial charge is 0.481 e. The second-order valence-electron chi connectivity index (χ2n) is 8.24. The highest BCUT2D eigenvalue weighted by Crippen LogP contribution is 2.40. The first kappa shape index (κ1) is 22.6. The molecule has 0 radical (unpaired) electrons. The molecule has 1 saturated carbocycles. The van der Waals surface area contributed by atoms with Crippen LogP contribution < -0.4 is 0 Å². The maximum Gasteiger partial charge on any atom is 0.303 e. The van der Waals surface area contributed by atoms with E-state index in [1.807, 2.05) is 12.1 Å². The number of aliphatic carboxylic acids is 1. The average Bonchev–Trinajstić information content (AvgIpc) is 3.05. The van der Waals surface area contributed by atoms with E-state index in [1.165, 1.54) is 5.56 Å². The molecule has 0 aromatic heterocycles. The van der Waals surface area contributed by atoms with Gasteiger partial charge in [-0.15, -0.1) is 0 Å². The van der Waals surface area contributed by atoms with Crippen molar-refractivity contribution in [3.05, 3.63) is 35.4 Å². The first-order chi connectivity index (χ1) is 13.5. The van der Waals surface area contributed by atoms with Crippen molar-refractivity contribution in [1.29, 1.82) is 0 Å². The zero-order valence-electron chi connectivity index (χ0n) is 17.2. The van der Waals surface area contributed by atoms with Crippen LogP contribution in [0.25, 0.3) is 0 Å². The average molecular weight is 389 g/mol. The van der Waals surface area contributed by atoms with Crippen LogP contribution in [0.1, 0.15) is 107 Å². The van der Waals surface area contributed by atoms with Crippen LogP contribution >= 0.6 is 0 Å². The number of benzene rings is 1. The number of aliphatic hydroxyl groups excluding tert-OH is 1. The fraction of sp³-hybridized carbons (Fsp3) is 0.667. The number of unbranched alkanes of at least 4 members (excludes halogenated alkanes) is 5. The molecule has 2 rings (SSSR count). The summed E-state index contributed by atoms with van der Waals surface area (Å²) in [5, 5.41) is 19.0. The summed E-state index contributed by atoms with van der Waals surface area (Å²) in [4.78, 5) is 22.9. The molecule has 156 valence electrons. The Morgan fingerprint density at radius 1 is 1.07 bits per heavy atom. The Balaban J connectivity index is 1.84. The van der Waals surface area contributed by atoms with Crippen molar-refractivity contribution in [3.63, 3.8) is 0 Å². The molecule has 0 spiro atoms. The summed E-state index contributed by atoms with van der Waals surface area (Å²) in [6.45, 7) is 2.16. The van der Waals surface area contributed by atoms with E-state index in [2.05, 4.69) is 19.1 Å². The molecule has 0 amide bonds. The van der Waals surface area contributed by atoms with Crippen molar-refractivity contribution >= 4 is 11.8 Å². The van der Waals surface area contributed by atoms with Gasteiger partial charge in [0.2, 0.25) is 0 Å². The number of ketones is 1. The van der Waals surface area contributed by atoms with Gasteiger partial charge in [0.25, 0.3) is 0 Å². The molecule has 0 saturated heterocycles. The van der Waals surface area contributed by atoms with Gasteiger partial charge in [0, 0.05) is 18.8 Å². The van der Waals surface area contributed by atoms with Crippen LogP contribution in [0, 0.1) is 5.92 Å². The lowest BCUT2D eigenvalue weighted by Crippen LogP contribution is -2.13. The first-order valence-electron chi connectivity index (χ1n) is 11.0. The zero-order chi connectivity index (χ0) is 20.4. The Labute approximate surface area is 169 Å². The molecule has 1 aliphatic carbocycles. The highest BCUT2D eigenvalue weighted by atomic mass is 16.4. The van der Waals surface area contributed by atoms with Crippen molar-refractivity contribution < 1.29 is 19.8 Å². The van der Waals surface area contributed by atoms with Crippen molar-refractivity contribution in [1.82, 2.24) is 0 Å². The third-order valence-electron chi connectivity index (χ3n) is 6.09. The molecule has 28 heavy (non-hydrogen) atoms. The molecule has 1 unspecified atom stereocenters. The summed E-state index contributed by atoms with van der Waals surface area (Å²) in [6.07, 6.45) is 10.1. The van der Waals surface area contributed by atoms with Crippen molar-refractivity contribution in [2.75, 3.05) is 0 Å². The monoisotopic (exact) mass is 388 g/mol. The molecular formula is C24H36O4. The Hall–Kier alpha value is -1.68. The minimum absolute atomic E-state index is 0.0970. The molecule has 1 aromatic rings. The molecule has 4 nitrogen and oxygen atoms in total. The fourth-order valence-electron chi connectivity index (χ4n) is 4.38. The summed E-state index contributed by atoms with van der Waals surface area (Å²) in [7, 11) is 0. The van der Waals surface area contributed by atoms with Crippen LogP contribution in [0.5, 0.6) is 0 Å². The summed E-state index contributed by atoms with van der Waals surface area (Å²) in [6, 6.07) is 8.25. The van der Waals surface area contributed by atoms with Gasteiger partial charge in [-0.1, -0.05) is 69.7 Å². The van der Waals surface area contributed by atoms with Crippen molar-refractivity contribution in [2.24, 2.45) is 5.92 Å². The molecule has 1 aromatic carbocycles. The van der Waals surface area contributed by atoms with Crippen LogP contribution in [-0.4, -0.2) is 22.0 Å². The van der Waals surface area contributed by atoms with Crippen LogP contribution in [0.2, 0.25) is 0 Å². The van der Waals surface area contributed by atoms with Gasteiger partial charge in [-0.3, -0.25) is 9.59 Å². The van der Waals surface area contributed by atoms with Gasteiger partial charge in [0.15, 0.2) is 0 Å².